The third-order valence-corrected chi connectivity index (χ3v) is 2.49. The molecule has 1 aromatic rings. The Morgan fingerprint density at radius 3 is 2.81 bits per heavy atom. The molecule has 0 radical (unpaired) electrons. The van der Waals surface area contributed by atoms with Crippen molar-refractivity contribution in [1.29, 1.82) is 0 Å². The fourth-order valence-corrected chi connectivity index (χ4v) is 1.73. The largest absolute Gasteiger partial charge is 0.396 e. The van der Waals surface area contributed by atoms with Crippen molar-refractivity contribution in [2.24, 2.45) is 5.92 Å². The normalized spacial score (nSPS) is 20.5. The Hall–Kier alpha value is -1.47. The zero-order chi connectivity index (χ0) is 11.7. The van der Waals surface area contributed by atoms with Crippen molar-refractivity contribution < 1.29 is 9.90 Å². The minimum Gasteiger partial charge on any atom is -0.396 e. The summed E-state index contributed by atoms with van der Waals surface area (Å²) < 4.78 is 0. The maximum atomic E-state index is 11.6. The van der Waals surface area contributed by atoms with E-state index in [4.69, 9.17) is 22.4 Å². The molecule has 16 heavy (non-hydrogen) atoms. The van der Waals surface area contributed by atoms with E-state index in [2.05, 4.69) is 15.0 Å². The van der Waals surface area contributed by atoms with Crippen molar-refractivity contribution in [1.82, 2.24) is 15.0 Å². The van der Waals surface area contributed by atoms with Crippen LogP contribution in [0.4, 0.5) is 11.9 Å². The number of carbonyl (C=O) groups is 1. The van der Waals surface area contributed by atoms with Crippen molar-refractivity contribution in [2.75, 3.05) is 23.8 Å². The van der Waals surface area contributed by atoms with Crippen LogP contribution in [0.15, 0.2) is 0 Å². The number of aliphatic hydroxyl groups excluding tert-OH is 1. The monoisotopic (exact) mass is 243 g/mol. The van der Waals surface area contributed by atoms with Crippen molar-refractivity contribution in [3.8, 4) is 0 Å². The number of amides is 1. The first kappa shape index (κ1) is 11.0. The van der Waals surface area contributed by atoms with Crippen molar-refractivity contribution in [2.45, 2.75) is 6.42 Å². The molecule has 0 bridgehead atoms. The number of anilines is 2. The second-order valence-corrected chi connectivity index (χ2v) is 3.86. The summed E-state index contributed by atoms with van der Waals surface area (Å²) in [4.78, 5) is 24.2. The Morgan fingerprint density at radius 2 is 2.25 bits per heavy atom. The second-order valence-electron chi connectivity index (χ2n) is 3.52. The molecule has 1 aromatic heterocycles. The zero-order valence-electron chi connectivity index (χ0n) is 8.30. The molecular formula is C8H10ClN5O2. The second kappa shape index (κ2) is 4.18. The quantitative estimate of drug-likeness (QED) is 0.722. The van der Waals surface area contributed by atoms with E-state index in [-0.39, 0.29) is 42.0 Å². The van der Waals surface area contributed by atoms with Gasteiger partial charge in [0.15, 0.2) is 0 Å². The molecule has 7 nitrogen and oxygen atoms in total. The lowest BCUT2D eigenvalue weighted by molar-refractivity contribution is -0.117. The van der Waals surface area contributed by atoms with E-state index in [1.54, 1.807) is 0 Å². The van der Waals surface area contributed by atoms with E-state index in [1.165, 1.54) is 4.90 Å². The van der Waals surface area contributed by atoms with E-state index in [0.29, 0.717) is 6.54 Å². The molecule has 0 aliphatic carbocycles. The summed E-state index contributed by atoms with van der Waals surface area (Å²) in [6.45, 7) is 0.325. The van der Waals surface area contributed by atoms with E-state index in [9.17, 15) is 4.79 Å². The van der Waals surface area contributed by atoms with Gasteiger partial charge in [-0.2, -0.15) is 15.0 Å². The number of nitrogens with two attached hydrogens (primary N) is 1. The molecule has 1 fully saturated rings. The number of nitrogens with zero attached hydrogens (tertiary/aromatic N) is 4. The molecule has 2 rings (SSSR count). The molecule has 0 spiro atoms. The zero-order valence-corrected chi connectivity index (χ0v) is 9.05. The topological polar surface area (TPSA) is 105 Å². The molecule has 1 unspecified atom stereocenters. The summed E-state index contributed by atoms with van der Waals surface area (Å²) in [7, 11) is 0. The number of carbonyl (C=O) groups excluding carboxylic acids is 1. The van der Waals surface area contributed by atoms with E-state index < -0.39 is 0 Å². The van der Waals surface area contributed by atoms with Gasteiger partial charge < -0.3 is 10.8 Å². The van der Waals surface area contributed by atoms with Crippen LogP contribution in [0.1, 0.15) is 6.42 Å². The van der Waals surface area contributed by atoms with Crippen LogP contribution >= 0.6 is 11.6 Å². The molecule has 0 aromatic carbocycles. The SMILES string of the molecule is Nc1nc(Cl)nc(N2CC(CO)CC2=O)n1. The molecule has 2 heterocycles. The predicted octanol–water partition coefficient (Wildman–Crippen LogP) is -0.548. The number of halogens is 1. The minimum absolute atomic E-state index is 0.0322. The average Bonchev–Trinajstić information content (AvgIpc) is 2.58. The smallest absolute Gasteiger partial charge is 0.238 e. The summed E-state index contributed by atoms with van der Waals surface area (Å²) in [6, 6.07) is 0. The van der Waals surface area contributed by atoms with Gasteiger partial charge in [-0.25, -0.2) is 0 Å². The third-order valence-electron chi connectivity index (χ3n) is 2.32. The molecule has 1 atom stereocenters. The van der Waals surface area contributed by atoms with Gasteiger partial charge in [0.25, 0.3) is 0 Å². The Balaban J connectivity index is 2.27. The summed E-state index contributed by atoms with van der Waals surface area (Å²) in [6.07, 6.45) is 0.277. The highest BCUT2D eigenvalue weighted by Crippen LogP contribution is 2.22. The van der Waals surface area contributed by atoms with Crippen LogP contribution in [0.3, 0.4) is 0 Å². The van der Waals surface area contributed by atoms with Crippen LogP contribution in [0.5, 0.6) is 0 Å². The Kier molecular flexibility index (Phi) is 2.88. The van der Waals surface area contributed by atoms with Crippen LogP contribution in [0, 0.1) is 5.92 Å². The van der Waals surface area contributed by atoms with Crippen molar-refractivity contribution in [3.63, 3.8) is 0 Å². The third kappa shape index (κ3) is 2.05. The molecule has 1 aliphatic heterocycles. The number of aliphatic hydroxyl groups is 1. The molecule has 0 saturated carbocycles. The molecule has 8 heteroatoms. The van der Waals surface area contributed by atoms with Crippen molar-refractivity contribution in [3.05, 3.63) is 5.28 Å². The number of nitrogen functional groups attached to an aromatic ring is 1. The maximum absolute atomic E-state index is 11.6. The van der Waals surface area contributed by atoms with Crippen molar-refractivity contribution >= 4 is 29.4 Å². The highest BCUT2D eigenvalue weighted by atomic mass is 35.5. The summed E-state index contributed by atoms with van der Waals surface area (Å²) in [5.41, 5.74) is 5.41. The summed E-state index contributed by atoms with van der Waals surface area (Å²) in [5, 5.41) is 8.92. The van der Waals surface area contributed by atoms with E-state index in [0.717, 1.165) is 0 Å². The molecule has 86 valence electrons. The first-order valence-corrected chi connectivity index (χ1v) is 5.06. The van der Waals surface area contributed by atoms with Crippen LogP contribution in [0.25, 0.3) is 0 Å². The first-order valence-electron chi connectivity index (χ1n) is 4.68. The molecule has 3 N–H and O–H groups in total. The van der Waals surface area contributed by atoms with Crippen LogP contribution < -0.4 is 10.6 Å². The lowest BCUT2D eigenvalue weighted by Crippen LogP contribution is -2.27. The minimum atomic E-state index is -0.152. The fourth-order valence-electron chi connectivity index (χ4n) is 1.57. The Labute approximate surface area is 96.3 Å². The van der Waals surface area contributed by atoms with Gasteiger partial charge in [0.1, 0.15) is 0 Å². The number of rotatable bonds is 2. The van der Waals surface area contributed by atoms with Gasteiger partial charge in [-0.05, 0) is 11.6 Å². The van der Waals surface area contributed by atoms with Gasteiger partial charge in [-0.15, -0.1) is 0 Å². The highest BCUT2D eigenvalue weighted by Gasteiger charge is 2.32. The standard InChI is InChI=1S/C8H10ClN5O2/c9-6-11-7(10)13-8(12-6)14-2-4(3-15)1-5(14)16/h4,15H,1-3H2,(H2,10,11,12,13). The van der Waals surface area contributed by atoms with Crippen LogP contribution in [-0.4, -0.2) is 39.1 Å². The fraction of sp³-hybridized carbons (Fsp3) is 0.500. The van der Waals surface area contributed by atoms with Gasteiger partial charge in [0, 0.05) is 25.5 Å². The number of aromatic nitrogens is 3. The van der Waals surface area contributed by atoms with E-state index >= 15 is 0 Å². The maximum Gasteiger partial charge on any atom is 0.238 e. The van der Waals surface area contributed by atoms with Gasteiger partial charge in [-0.3, -0.25) is 9.69 Å². The Bertz CT molecular complexity index is 407. The number of hydrogen-bond acceptors (Lipinski definition) is 6. The number of hydrogen-bond donors (Lipinski definition) is 2. The van der Waals surface area contributed by atoms with Gasteiger partial charge in [0.2, 0.25) is 23.1 Å². The molecular weight excluding hydrogens is 234 g/mol. The summed E-state index contributed by atoms with van der Waals surface area (Å²) >= 11 is 5.62. The van der Waals surface area contributed by atoms with E-state index in [1.807, 2.05) is 0 Å². The average molecular weight is 244 g/mol. The predicted molar refractivity (Wildman–Crippen MR) is 56.8 cm³/mol. The lowest BCUT2D eigenvalue weighted by atomic mass is 10.1. The molecule has 1 amide bonds. The summed E-state index contributed by atoms with van der Waals surface area (Å²) in [5.74, 6) is -0.140. The van der Waals surface area contributed by atoms with Gasteiger partial charge >= 0.3 is 0 Å². The Morgan fingerprint density at radius 1 is 1.50 bits per heavy atom. The first-order chi connectivity index (χ1) is 7.60. The molecule has 1 aliphatic rings. The molecule has 1 saturated heterocycles. The lowest BCUT2D eigenvalue weighted by Gasteiger charge is -2.13. The van der Waals surface area contributed by atoms with Gasteiger partial charge in [-0.1, -0.05) is 0 Å². The van der Waals surface area contributed by atoms with Gasteiger partial charge in [0.05, 0.1) is 0 Å². The van der Waals surface area contributed by atoms with Crippen LogP contribution in [-0.2, 0) is 4.79 Å². The van der Waals surface area contributed by atoms with Crippen LogP contribution in [0.2, 0.25) is 5.28 Å². The highest BCUT2D eigenvalue weighted by molar-refractivity contribution is 6.28.